The van der Waals surface area contributed by atoms with Gasteiger partial charge in [0.1, 0.15) is 6.54 Å². The minimum Gasteiger partial charge on any atom is -0.292 e. The molecule has 0 bridgehead atoms. The van der Waals surface area contributed by atoms with Crippen LogP contribution in [-0.4, -0.2) is 40.1 Å². The Morgan fingerprint density at radius 1 is 0.875 bits per heavy atom. The molecule has 1 saturated carbocycles. The average Bonchev–Trinajstić information content (AvgIpc) is 3.02. The monoisotopic (exact) mass is 492 g/mol. The van der Waals surface area contributed by atoms with Gasteiger partial charge in [0.2, 0.25) is 0 Å². The quantitative estimate of drug-likeness (QED) is 0.431. The maximum atomic E-state index is 13.4. The Hall–Kier alpha value is -2.41. The second-order valence-corrected chi connectivity index (χ2v) is 9.13. The van der Waals surface area contributed by atoms with Gasteiger partial charge < -0.3 is 0 Å². The average molecular weight is 494 g/mol. The Balaban J connectivity index is 1.72. The summed E-state index contributed by atoms with van der Waals surface area (Å²) in [5, 5.41) is 2.35. The zero-order chi connectivity index (χ0) is 23.0. The van der Waals surface area contributed by atoms with Crippen molar-refractivity contribution in [1.29, 1.82) is 0 Å². The molecule has 32 heavy (non-hydrogen) atoms. The first kappa shape index (κ1) is 22.8. The zero-order valence-electron chi connectivity index (χ0n) is 16.9. The Labute approximate surface area is 200 Å². The molecule has 4 rings (SSSR count). The van der Waals surface area contributed by atoms with Crippen molar-refractivity contribution in [3.8, 4) is 0 Å². The Morgan fingerprint density at radius 3 is 2.09 bits per heavy atom. The van der Waals surface area contributed by atoms with E-state index in [4.69, 9.17) is 34.8 Å². The number of nitrogens with zero attached hydrogens (tertiary/aromatic N) is 2. The van der Waals surface area contributed by atoms with E-state index < -0.39 is 41.9 Å². The molecule has 0 unspecified atom stereocenters. The number of Topliss-reactive ketones (excluding diaryl/α,β-unsaturated/α-hetero) is 1. The second-order valence-electron chi connectivity index (χ2n) is 7.88. The number of rotatable bonds is 5. The van der Waals surface area contributed by atoms with Gasteiger partial charge >= 0.3 is 0 Å². The maximum Gasteiger partial charge on any atom is 0.274 e. The summed E-state index contributed by atoms with van der Waals surface area (Å²) < 4.78 is 0. The number of carbonyl (C=O) groups excluding carboxylic acids is 4. The molecule has 1 aliphatic carbocycles. The summed E-state index contributed by atoms with van der Waals surface area (Å²) in [4.78, 5) is 52.9. The standard InChI is InChI=1S/C23H19Cl3N2O4/c24-13-9-10-16(19(26)11-13)20(29)12-27(21(30)17-7-3-4-8-18(17)25)28-22(31)14-5-1-2-6-15(14)23(28)32/h3-4,7-11,14-15H,1-2,5-6,12H2/t14-,15-/m1/s1. The molecule has 9 heteroatoms. The lowest BCUT2D eigenvalue weighted by Crippen LogP contribution is -2.52. The molecule has 2 aliphatic rings. The largest absolute Gasteiger partial charge is 0.292 e. The van der Waals surface area contributed by atoms with E-state index in [9.17, 15) is 19.2 Å². The number of hydrazine groups is 1. The molecule has 0 spiro atoms. The minimum atomic E-state index is -0.714. The summed E-state index contributed by atoms with van der Waals surface area (Å²) in [6, 6.07) is 10.6. The molecule has 1 aliphatic heterocycles. The molecule has 0 radical (unpaired) electrons. The molecule has 1 heterocycles. The first-order valence-corrected chi connectivity index (χ1v) is 11.4. The van der Waals surface area contributed by atoms with E-state index in [0.29, 0.717) is 17.9 Å². The van der Waals surface area contributed by atoms with E-state index in [2.05, 4.69) is 0 Å². The van der Waals surface area contributed by atoms with Crippen LogP contribution < -0.4 is 0 Å². The van der Waals surface area contributed by atoms with E-state index >= 15 is 0 Å². The van der Waals surface area contributed by atoms with Crippen molar-refractivity contribution in [2.24, 2.45) is 11.8 Å². The summed E-state index contributed by atoms with van der Waals surface area (Å²) >= 11 is 18.3. The van der Waals surface area contributed by atoms with Gasteiger partial charge in [-0.2, -0.15) is 5.01 Å². The van der Waals surface area contributed by atoms with Crippen LogP contribution in [0.2, 0.25) is 15.1 Å². The van der Waals surface area contributed by atoms with Gasteiger partial charge in [-0.25, -0.2) is 5.01 Å². The van der Waals surface area contributed by atoms with Gasteiger partial charge in [-0.05, 0) is 43.2 Å². The fourth-order valence-electron chi connectivity index (χ4n) is 4.33. The first-order valence-electron chi connectivity index (χ1n) is 10.2. The lowest BCUT2D eigenvalue weighted by atomic mass is 9.81. The van der Waals surface area contributed by atoms with E-state index in [1.54, 1.807) is 12.1 Å². The predicted octanol–water partition coefficient (Wildman–Crippen LogP) is 5.06. The highest BCUT2D eigenvalue weighted by molar-refractivity contribution is 6.37. The van der Waals surface area contributed by atoms with E-state index in [-0.39, 0.29) is 21.2 Å². The molecule has 0 aromatic heterocycles. The van der Waals surface area contributed by atoms with Crippen LogP contribution in [-0.2, 0) is 9.59 Å². The normalized spacial score (nSPS) is 20.3. The highest BCUT2D eigenvalue weighted by Gasteiger charge is 2.52. The number of carbonyl (C=O) groups is 4. The fraction of sp³-hybridized carbons (Fsp3) is 0.304. The number of hydrogen-bond donors (Lipinski definition) is 0. The van der Waals surface area contributed by atoms with E-state index in [1.165, 1.54) is 30.3 Å². The van der Waals surface area contributed by atoms with Crippen LogP contribution in [0.3, 0.4) is 0 Å². The number of imide groups is 1. The van der Waals surface area contributed by atoms with E-state index in [1.807, 2.05) is 0 Å². The molecule has 2 aromatic rings. The van der Waals surface area contributed by atoms with Crippen LogP contribution in [0, 0.1) is 11.8 Å². The Bertz CT molecular complexity index is 1100. The SMILES string of the molecule is O=C(CN(C(=O)c1ccccc1Cl)N1C(=O)[C@@H]2CCCC[C@H]2C1=O)c1ccc(Cl)cc1Cl. The first-order chi connectivity index (χ1) is 15.3. The minimum absolute atomic E-state index is 0.0830. The van der Waals surface area contributed by atoms with Crippen molar-refractivity contribution >= 4 is 58.3 Å². The van der Waals surface area contributed by atoms with Gasteiger partial charge in [0.25, 0.3) is 17.7 Å². The van der Waals surface area contributed by atoms with Crippen LogP contribution in [0.15, 0.2) is 42.5 Å². The molecule has 166 valence electrons. The summed E-state index contributed by atoms with van der Waals surface area (Å²) in [5.74, 6) is -3.14. The molecular formula is C23H19Cl3N2O4. The predicted molar refractivity (Wildman–Crippen MR) is 121 cm³/mol. The number of ketones is 1. The zero-order valence-corrected chi connectivity index (χ0v) is 19.2. The van der Waals surface area contributed by atoms with Crippen molar-refractivity contribution in [3.05, 3.63) is 68.7 Å². The van der Waals surface area contributed by atoms with Gasteiger partial charge in [0.15, 0.2) is 5.78 Å². The third kappa shape index (κ3) is 4.15. The van der Waals surface area contributed by atoms with Crippen molar-refractivity contribution in [2.45, 2.75) is 25.7 Å². The highest BCUT2D eigenvalue weighted by Crippen LogP contribution is 2.39. The van der Waals surface area contributed by atoms with Crippen LogP contribution in [0.4, 0.5) is 0 Å². The van der Waals surface area contributed by atoms with Crippen molar-refractivity contribution in [1.82, 2.24) is 10.0 Å². The third-order valence-electron chi connectivity index (χ3n) is 5.92. The van der Waals surface area contributed by atoms with Gasteiger partial charge in [0, 0.05) is 10.6 Å². The molecule has 2 atom stereocenters. The van der Waals surface area contributed by atoms with Crippen LogP contribution in [0.25, 0.3) is 0 Å². The van der Waals surface area contributed by atoms with Gasteiger partial charge in [-0.15, -0.1) is 0 Å². The smallest absolute Gasteiger partial charge is 0.274 e. The van der Waals surface area contributed by atoms with Crippen LogP contribution in [0.1, 0.15) is 46.4 Å². The highest BCUT2D eigenvalue weighted by atomic mass is 35.5. The number of fused-ring (bicyclic) bond motifs is 1. The molecule has 2 aromatic carbocycles. The molecular weight excluding hydrogens is 475 g/mol. The van der Waals surface area contributed by atoms with Crippen molar-refractivity contribution < 1.29 is 19.2 Å². The molecule has 0 N–H and O–H groups in total. The molecule has 2 fully saturated rings. The second kappa shape index (κ2) is 9.22. The summed E-state index contributed by atoms with van der Waals surface area (Å²) in [5.41, 5.74) is 0.212. The van der Waals surface area contributed by atoms with Crippen LogP contribution >= 0.6 is 34.8 Å². The molecule has 6 nitrogen and oxygen atoms in total. The van der Waals surface area contributed by atoms with E-state index in [0.717, 1.165) is 22.9 Å². The van der Waals surface area contributed by atoms with Gasteiger partial charge in [-0.3, -0.25) is 19.2 Å². The van der Waals surface area contributed by atoms with Crippen molar-refractivity contribution in [3.63, 3.8) is 0 Å². The number of benzene rings is 2. The summed E-state index contributed by atoms with van der Waals surface area (Å²) in [6.07, 6.45) is 2.84. The Kier molecular flexibility index (Phi) is 6.56. The summed E-state index contributed by atoms with van der Waals surface area (Å²) in [6.45, 7) is -0.553. The molecule has 3 amide bonds. The fourth-order valence-corrected chi connectivity index (χ4v) is 5.06. The van der Waals surface area contributed by atoms with Crippen LogP contribution in [0.5, 0.6) is 0 Å². The van der Waals surface area contributed by atoms with Crippen molar-refractivity contribution in [2.75, 3.05) is 6.54 Å². The lowest BCUT2D eigenvalue weighted by molar-refractivity contribution is -0.154. The summed E-state index contributed by atoms with van der Waals surface area (Å²) in [7, 11) is 0. The van der Waals surface area contributed by atoms with Gasteiger partial charge in [-0.1, -0.05) is 59.8 Å². The topological polar surface area (TPSA) is 74.8 Å². The maximum absolute atomic E-state index is 13.4. The van der Waals surface area contributed by atoms with Gasteiger partial charge in [0.05, 0.1) is 27.4 Å². The number of hydrogen-bond acceptors (Lipinski definition) is 4. The number of amides is 3. The Morgan fingerprint density at radius 2 is 1.50 bits per heavy atom. The lowest BCUT2D eigenvalue weighted by Gasteiger charge is -2.30. The molecule has 1 saturated heterocycles. The third-order valence-corrected chi connectivity index (χ3v) is 6.80. The number of halogens is 3.